The summed E-state index contributed by atoms with van der Waals surface area (Å²) >= 11 is 0. The molecular weight excluding hydrogens is 278 g/mol. The summed E-state index contributed by atoms with van der Waals surface area (Å²) in [5.41, 5.74) is 0. The van der Waals surface area contributed by atoms with Gasteiger partial charge in [-0.05, 0) is 31.7 Å². The number of hydrogen-bond acceptors (Lipinski definition) is 3. The Bertz CT molecular complexity index is 368. The number of likely N-dealkylation sites (tertiary alicyclic amines) is 1. The standard InChI is InChI=1S/C16H33N5O/c1-13(2)12-19-16(17-3)18-9-7-11-21-10-6-8-14(21)15(22)20(4)5/h13-14H,6-12H2,1-5H3,(H2,17,18,19). The maximum Gasteiger partial charge on any atom is 0.239 e. The monoisotopic (exact) mass is 311 g/mol. The molecule has 0 saturated carbocycles. The highest BCUT2D eigenvalue weighted by molar-refractivity contribution is 5.81. The first-order valence-electron chi connectivity index (χ1n) is 8.35. The van der Waals surface area contributed by atoms with Crippen molar-refractivity contribution < 1.29 is 4.79 Å². The van der Waals surface area contributed by atoms with Crippen LogP contribution in [-0.2, 0) is 4.79 Å². The molecule has 1 unspecified atom stereocenters. The van der Waals surface area contributed by atoms with Crippen molar-refractivity contribution >= 4 is 11.9 Å². The highest BCUT2D eigenvalue weighted by atomic mass is 16.2. The van der Waals surface area contributed by atoms with Gasteiger partial charge in [0, 0.05) is 40.8 Å². The van der Waals surface area contributed by atoms with E-state index < -0.39 is 0 Å². The van der Waals surface area contributed by atoms with E-state index in [-0.39, 0.29) is 11.9 Å². The topological polar surface area (TPSA) is 60.0 Å². The van der Waals surface area contributed by atoms with Gasteiger partial charge in [0.25, 0.3) is 0 Å². The molecule has 1 saturated heterocycles. The average Bonchev–Trinajstić information content (AvgIpc) is 2.93. The smallest absolute Gasteiger partial charge is 0.239 e. The van der Waals surface area contributed by atoms with E-state index in [0.717, 1.165) is 51.4 Å². The van der Waals surface area contributed by atoms with Crippen molar-refractivity contribution in [2.75, 3.05) is 47.3 Å². The fourth-order valence-corrected chi connectivity index (χ4v) is 2.68. The summed E-state index contributed by atoms with van der Waals surface area (Å²) in [6, 6.07) is 0.0772. The molecule has 1 rings (SSSR count). The summed E-state index contributed by atoms with van der Waals surface area (Å²) in [6.45, 7) is 8.14. The number of guanidine groups is 1. The normalized spacial score (nSPS) is 19.5. The van der Waals surface area contributed by atoms with E-state index in [9.17, 15) is 4.79 Å². The quantitative estimate of drug-likeness (QED) is 0.414. The zero-order valence-electron chi connectivity index (χ0n) is 14.9. The van der Waals surface area contributed by atoms with Gasteiger partial charge < -0.3 is 15.5 Å². The van der Waals surface area contributed by atoms with Gasteiger partial charge in [-0.3, -0.25) is 14.7 Å². The fraction of sp³-hybridized carbons (Fsp3) is 0.875. The van der Waals surface area contributed by atoms with Crippen LogP contribution in [0.25, 0.3) is 0 Å². The Kier molecular flexibility index (Phi) is 8.24. The number of rotatable bonds is 7. The lowest BCUT2D eigenvalue weighted by Crippen LogP contribution is -2.44. The summed E-state index contributed by atoms with van der Waals surface area (Å²) in [5.74, 6) is 1.69. The minimum absolute atomic E-state index is 0.0772. The number of aliphatic imine (C=N–C) groups is 1. The number of amides is 1. The van der Waals surface area contributed by atoms with Crippen LogP contribution in [0.2, 0.25) is 0 Å². The Balaban J connectivity index is 2.27. The van der Waals surface area contributed by atoms with Gasteiger partial charge in [-0.15, -0.1) is 0 Å². The molecule has 6 nitrogen and oxygen atoms in total. The molecule has 1 fully saturated rings. The number of carbonyl (C=O) groups excluding carboxylic acids is 1. The van der Waals surface area contributed by atoms with Crippen LogP contribution in [0, 0.1) is 5.92 Å². The second-order valence-corrected chi connectivity index (χ2v) is 6.55. The Morgan fingerprint density at radius 2 is 2.09 bits per heavy atom. The van der Waals surface area contributed by atoms with E-state index in [4.69, 9.17) is 0 Å². The predicted octanol–water partition coefficient (Wildman–Crippen LogP) is 0.750. The second kappa shape index (κ2) is 9.66. The van der Waals surface area contributed by atoms with Crippen LogP contribution in [0.4, 0.5) is 0 Å². The molecule has 0 radical (unpaired) electrons. The van der Waals surface area contributed by atoms with Gasteiger partial charge in [-0.2, -0.15) is 0 Å². The molecule has 1 amide bonds. The average molecular weight is 311 g/mol. The Morgan fingerprint density at radius 1 is 1.36 bits per heavy atom. The molecule has 128 valence electrons. The van der Waals surface area contributed by atoms with Crippen molar-refractivity contribution in [3.05, 3.63) is 0 Å². The highest BCUT2D eigenvalue weighted by Crippen LogP contribution is 2.18. The lowest BCUT2D eigenvalue weighted by molar-refractivity contribution is -0.133. The van der Waals surface area contributed by atoms with E-state index in [2.05, 4.69) is 34.4 Å². The number of nitrogens with zero attached hydrogens (tertiary/aromatic N) is 3. The van der Waals surface area contributed by atoms with Gasteiger partial charge in [0.1, 0.15) is 0 Å². The molecule has 0 aromatic carbocycles. The highest BCUT2D eigenvalue weighted by Gasteiger charge is 2.30. The second-order valence-electron chi connectivity index (χ2n) is 6.55. The fourth-order valence-electron chi connectivity index (χ4n) is 2.68. The summed E-state index contributed by atoms with van der Waals surface area (Å²) in [6.07, 6.45) is 3.12. The maximum atomic E-state index is 12.1. The first kappa shape index (κ1) is 18.7. The van der Waals surface area contributed by atoms with Crippen LogP contribution in [0.5, 0.6) is 0 Å². The minimum Gasteiger partial charge on any atom is -0.356 e. The van der Waals surface area contributed by atoms with E-state index in [0.29, 0.717) is 5.92 Å². The molecular formula is C16H33N5O. The summed E-state index contributed by atoms with van der Waals surface area (Å²) in [5, 5.41) is 6.64. The third-order valence-electron chi connectivity index (χ3n) is 3.91. The van der Waals surface area contributed by atoms with E-state index in [1.54, 1.807) is 11.9 Å². The molecule has 6 heteroatoms. The van der Waals surface area contributed by atoms with Crippen LogP contribution in [-0.4, -0.2) is 75.0 Å². The zero-order valence-corrected chi connectivity index (χ0v) is 14.9. The van der Waals surface area contributed by atoms with E-state index in [1.807, 2.05) is 14.1 Å². The van der Waals surface area contributed by atoms with Crippen LogP contribution >= 0.6 is 0 Å². The van der Waals surface area contributed by atoms with Crippen molar-refractivity contribution in [1.82, 2.24) is 20.4 Å². The minimum atomic E-state index is 0.0772. The Hall–Kier alpha value is -1.30. The molecule has 1 atom stereocenters. The molecule has 0 spiro atoms. The largest absolute Gasteiger partial charge is 0.356 e. The summed E-state index contributed by atoms with van der Waals surface area (Å²) in [7, 11) is 5.47. The molecule has 1 heterocycles. The molecule has 0 bridgehead atoms. The number of likely N-dealkylation sites (N-methyl/N-ethyl adjacent to an activating group) is 1. The van der Waals surface area contributed by atoms with Gasteiger partial charge in [0.15, 0.2) is 5.96 Å². The van der Waals surface area contributed by atoms with E-state index in [1.165, 1.54) is 0 Å². The van der Waals surface area contributed by atoms with Crippen molar-refractivity contribution in [3.8, 4) is 0 Å². The SMILES string of the molecule is CN=C(NCCCN1CCCC1C(=O)N(C)C)NCC(C)C. The lowest BCUT2D eigenvalue weighted by Gasteiger charge is -2.26. The number of nitrogens with one attached hydrogen (secondary N) is 2. The Labute approximate surface area is 135 Å². The predicted molar refractivity (Wildman–Crippen MR) is 92.1 cm³/mol. The molecule has 1 aliphatic heterocycles. The van der Waals surface area contributed by atoms with Crippen molar-refractivity contribution in [3.63, 3.8) is 0 Å². The third kappa shape index (κ3) is 6.22. The number of hydrogen-bond donors (Lipinski definition) is 2. The molecule has 0 aromatic heterocycles. The van der Waals surface area contributed by atoms with Gasteiger partial charge >= 0.3 is 0 Å². The maximum absolute atomic E-state index is 12.1. The van der Waals surface area contributed by atoms with Crippen LogP contribution in [0.3, 0.4) is 0 Å². The zero-order chi connectivity index (χ0) is 16.5. The van der Waals surface area contributed by atoms with Gasteiger partial charge in [-0.1, -0.05) is 13.8 Å². The van der Waals surface area contributed by atoms with E-state index >= 15 is 0 Å². The molecule has 0 aromatic rings. The van der Waals surface area contributed by atoms with Gasteiger partial charge in [0.2, 0.25) is 5.91 Å². The first-order valence-corrected chi connectivity index (χ1v) is 8.35. The molecule has 0 aliphatic carbocycles. The molecule has 22 heavy (non-hydrogen) atoms. The van der Waals surface area contributed by atoms with Crippen molar-refractivity contribution in [2.24, 2.45) is 10.9 Å². The van der Waals surface area contributed by atoms with Crippen molar-refractivity contribution in [1.29, 1.82) is 0 Å². The molecule has 1 aliphatic rings. The number of carbonyl (C=O) groups is 1. The molecule has 2 N–H and O–H groups in total. The summed E-state index contributed by atoms with van der Waals surface area (Å²) in [4.78, 5) is 20.4. The van der Waals surface area contributed by atoms with Crippen molar-refractivity contribution in [2.45, 2.75) is 39.2 Å². The van der Waals surface area contributed by atoms with Gasteiger partial charge in [0.05, 0.1) is 6.04 Å². The first-order chi connectivity index (χ1) is 10.5. The van der Waals surface area contributed by atoms with Gasteiger partial charge in [-0.25, -0.2) is 0 Å². The van der Waals surface area contributed by atoms with Crippen LogP contribution < -0.4 is 10.6 Å². The third-order valence-corrected chi connectivity index (χ3v) is 3.91. The lowest BCUT2D eigenvalue weighted by atomic mass is 10.2. The van der Waals surface area contributed by atoms with Crippen LogP contribution in [0.15, 0.2) is 4.99 Å². The summed E-state index contributed by atoms with van der Waals surface area (Å²) < 4.78 is 0. The Morgan fingerprint density at radius 3 is 2.68 bits per heavy atom. The van der Waals surface area contributed by atoms with Crippen LogP contribution in [0.1, 0.15) is 33.1 Å².